The fraction of sp³-hybridized carbons (Fsp3) is 0.391. The zero-order valence-electron chi connectivity index (χ0n) is 17.5. The van der Waals surface area contributed by atoms with Gasteiger partial charge in [0.25, 0.3) is 5.91 Å². The van der Waals surface area contributed by atoms with Gasteiger partial charge in [0.2, 0.25) is 5.91 Å². The SMILES string of the molecule is CCN(CC)CCOc1ccc(NC(=O)c2ccc(Cl)cc2N2CCCC2=O)cc1. The van der Waals surface area contributed by atoms with Crippen LogP contribution in [0.15, 0.2) is 42.5 Å². The fourth-order valence-corrected chi connectivity index (χ4v) is 3.65. The monoisotopic (exact) mass is 429 g/mol. The summed E-state index contributed by atoms with van der Waals surface area (Å²) in [5.41, 5.74) is 1.64. The molecule has 160 valence electrons. The van der Waals surface area contributed by atoms with Gasteiger partial charge in [0, 0.05) is 30.2 Å². The molecular formula is C23H28ClN3O3. The lowest BCUT2D eigenvalue weighted by Crippen LogP contribution is -2.27. The minimum atomic E-state index is -0.281. The van der Waals surface area contributed by atoms with Crippen LogP contribution in [0.4, 0.5) is 11.4 Å². The molecule has 1 fully saturated rings. The Morgan fingerprint density at radius 3 is 2.53 bits per heavy atom. The van der Waals surface area contributed by atoms with E-state index >= 15 is 0 Å². The molecule has 30 heavy (non-hydrogen) atoms. The van der Waals surface area contributed by atoms with Crippen molar-refractivity contribution in [1.29, 1.82) is 0 Å². The number of likely N-dealkylation sites (N-methyl/N-ethyl adjacent to an activating group) is 1. The van der Waals surface area contributed by atoms with Crippen molar-refractivity contribution in [3.05, 3.63) is 53.1 Å². The Morgan fingerprint density at radius 1 is 1.17 bits per heavy atom. The van der Waals surface area contributed by atoms with Crippen LogP contribution in [0.25, 0.3) is 0 Å². The maximum Gasteiger partial charge on any atom is 0.257 e. The van der Waals surface area contributed by atoms with Gasteiger partial charge in [-0.3, -0.25) is 9.59 Å². The third-order valence-corrected chi connectivity index (χ3v) is 5.49. The van der Waals surface area contributed by atoms with E-state index in [1.165, 1.54) is 0 Å². The minimum Gasteiger partial charge on any atom is -0.492 e. The number of halogens is 1. The second-order valence-electron chi connectivity index (χ2n) is 7.16. The summed E-state index contributed by atoms with van der Waals surface area (Å²) in [5, 5.41) is 3.39. The van der Waals surface area contributed by atoms with E-state index < -0.39 is 0 Å². The van der Waals surface area contributed by atoms with Crippen LogP contribution in [-0.4, -0.2) is 49.5 Å². The van der Waals surface area contributed by atoms with Crippen LogP contribution >= 0.6 is 11.6 Å². The lowest BCUT2D eigenvalue weighted by Gasteiger charge is -2.20. The topological polar surface area (TPSA) is 61.9 Å². The highest BCUT2D eigenvalue weighted by atomic mass is 35.5. The van der Waals surface area contributed by atoms with Crippen molar-refractivity contribution in [3.63, 3.8) is 0 Å². The molecule has 2 aromatic rings. The molecule has 1 heterocycles. The van der Waals surface area contributed by atoms with Gasteiger partial charge in [0.05, 0.1) is 11.3 Å². The summed E-state index contributed by atoms with van der Waals surface area (Å²) in [5.74, 6) is 0.490. The summed E-state index contributed by atoms with van der Waals surface area (Å²) in [4.78, 5) is 29.0. The summed E-state index contributed by atoms with van der Waals surface area (Å²) in [7, 11) is 0. The Morgan fingerprint density at radius 2 is 1.90 bits per heavy atom. The quantitative estimate of drug-likeness (QED) is 0.640. The standard InChI is InChI=1S/C23H28ClN3O3/c1-3-26(4-2)14-15-30-19-10-8-18(9-11-19)25-23(29)20-12-7-17(24)16-21(20)27-13-5-6-22(27)28/h7-12,16H,3-6,13-15H2,1-2H3,(H,25,29). The number of hydrogen-bond donors (Lipinski definition) is 1. The van der Waals surface area contributed by atoms with Crippen molar-refractivity contribution in [2.75, 3.05) is 43.0 Å². The van der Waals surface area contributed by atoms with Gasteiger partial charge in [0.15, 0.2) is 0 Å². The van der Waals surface area contributed by atoms with Crippen LogP contribution in [0.1, 0.15) is 37.0 Å². The molecule has 0 radical (unpaired) electrons. The third kappa shape index (κ3) is 5.52. The van der Waals surface area contributed by atoms with Gasteiger partial charge in [-0.15, -0.1) is 0 Å². The summed E-state index contributed by atoms with van der Waals surface area (Å²) in [6.45, 7) is 8.35. The summed E-state index contributed by atoms with van der Waals surface area (Å²) >= 11 is 6.12. The number of carbonyl (C=O) groups is 2. The van der Waals surface area contributed by atoms with E-state index in [-0.39, 0.29) is 11.8 Å². The van der Waals surface area contributed by atoms with Crippen molar-refractivity contribution in [1.82, 2.24) is 4.90 Å². The van der Waals surface area contributed by atoms with Crippen LogP contribution < -0.4 is 15.0 Å². The smallest absolute Gasteiger partial charge is 0.257 e. The van der Waals surface area contributed by atoms with Gasteiger partial charge >= 0.3 is 0 Å². The summed E-state index contributed by atoms with van der Waals surface area (Å²) in [6, 6.07) is 12.3. The van der Waals surface area contributed by atoms with Gasteiger partial charge in [-0.05, 0) is 62.0 Å². The largest absolute Gasteiger partial charge is 0.492 e. The molecule has 3 rings (SSSR count). The van der Waals surface area contributed by atoms with Gasteiger partial charge in [-0.1, -0.05) is 25.4 Å². The number of rotatable bonds is 9. The van der Waals surface area contributed by atoms with Crippen LogP contribution in [0.5, 0.6) is 5.75 Å². The molecule has 0 saturated carbocycles. The van der Waals surface area contributed by atoms with E-state index in [1.54, 1.807) is 35.2 Å². The maximum atomic E-state index is 12.9. The lowest BCUT2D eigenvalue weighted by molar-refractivity contribution is -0.117. The lowest BCUT2D eigenvalue weighted by atomic mass is 10.1. The van der Waals surface area contributed by atoms with Crippen molar-refractivity contribution >= 4 is 34.8 Å². The molecule has 1 N–H and O–H groups in total. The minimum absolute atomic E-state index is 0.0116. The Bertz CT molecular complexity index is 882. The molecule has 0 aromatic heterocycles. The fourth-order valence-electron chi connectivity index (χ4n) is 3.49. The number of nitrogens with zero attached hydrogens (tertiary/aromatic N) is 2. The van der Waals surface area contributed by atoms with Gasteiger partial charge in [0.1, 0.15) is 12.4 Å². The zero-order valence-corrected chi connectivity index (χ0v) is 18.2. The second-order valence-corrected chi connectivity index (χ2v) is 7.60. The van der Waals surface area contributed by atoms with Gasteiger partial charge in [-0.2, -0.15) is 0 Å². The number of hydrogen-bond acceptors (Lipinski definition) is 4. The first-order valence-corrected chi connectivity index (χ1v) is 10.8. The van der Waals surface area contributed by atoms with E-state index in [2.05, 4.69) is 24.1 Å². The van der Waals surface area contributed by atoms with Crippen molar-refractivity contribution < 1.29 is 14.3 Å². The number of carbonyl (C=O) groups excluding carboxylic acids is 2. The molecule has 7 heteroatoms. The molecule has 1 aliphatic heterocycles. The Hall–Kier alpha value is -2.57. The van der Waals surface area contributed by atoms with E-state index in [0.717, 1.165) is 31.8 Å². The van der Waals surface area contributed by atoms with Gasteiger partial charge < -0.3 is 19.9 Å². The molecule has 0 spiro atoms. The van der Waals surface area contributed by atoms with Crippen LogP contribution in [0.3, 0.4) is 0 Å². The number of amides is 2. The molecular weight excluding hydrogens is 402 g/mol. The molecule has 6 nitrogen and oxygen atoms in total. The van der Waals surface area contributed by atoms with Crippen LogP contribution in [0, 0.1) is 0 Å². The van der Waals surface area contributed by atoms with Crippen molar-refractivity contribution in [3.8, 4) is 5.75 Å². The molecule has 0 atom stereocenters. The zero-order chi connectivity index (χ0) is 21.5. The molecule has 0 aliphatic carbocycles. The highest BCUT2D eigenvalue weighted by Gasteiger charge is 2.26. The first-order valence-electron chi connectivity index (χ1n) is 10.4. The molecule has 0 unspecified atom stereocenters. The first-order chi connectivity index (χ1) is 14.5. The highest BCUT2D eigenvalue weighted by Crippen LogP contribution is 2.29. The Labute approximate surface area is 182 Å². The predicted molar refractivity (Wildman–Crippen MR) is 121 cm³/mol. The molecule has 2 amide bonds. The van der Waals surface area contributed by atoms with E-state index in [4.69, 9.17) is 16.3 Å². The number of anilines is 2. The number of benzene rings is 2. The predicted octanol–water partition coefficient (Wildman–Crippen LogP) is 4.44. The Kier molecular flexibility index (Phi) is 7.71. The van der Waals surface area contributed by atoms with Crippen molar-refractivity contribution in [2.24, 2.45) is 0 Å². The van der Waals surface area contributed by atoms with Gasteiger partial charge in [-0.25, -0.2) is 0 Å². The summed E-state index contributed by atoms with van der Waals surface area (Å²) < 4.78 is 5.78. The first kappa shape index (κ1) is 22.1. The van der Waals surface area contributed by atoms with Crippen molar-refractivity contribution in [2.45, 2.75) is 26.7 Å². The average molecular weight is 430 g/mol. The van der Waals surface area contributed by atoms with Crippen LogP contribution in [-0.2, 0) is 4.79 Å². The van der Waals surface area contributed by atoms with E-state index in [0.29, 0.717) is 41.5 Å². The molecule has 1 saturated heterocycles. The normalized spacial score (nSPS) is 13.7. The van der Waals surface area contributed by atoms with E-state index in [1.807, 2.05) is 12.1 Å². The highest BCUT2D eigenvalue weighted by molar-refractivity contribution is 6.31. The summed E-state index contributed by atoms with van der Waals surface area (Å²) in [6.07, 6.45) is 1.27. The average Bonchev–Trinajstić information content (AvgIpc) is 3.18. The van der Waals surface area contributed by atoms with E-state index in [9.17, 15) is 9.59 Å². The molecule has 1 aliphatic rings. The Balaban J connectivity index is 1.64. The second kappa shape index (κ2) is 10.5. The number of nitrogens with one attached hydrogen (secondary N) is 1. The van der Waals surface area contributed by atoms with Crippen LogP contribution in [0.2, 0.25) is 5.02 Å². The molecule has 2 aromatic carbocycles. The number of ether oxygens (including phenoxy) is 1. The third-order valence-electron chi connectivity index (χ3n) is 5.25. The maximum absolute atomic E-state index is 12.9. The molecule has 0 bridgehead atoms.